The molecular formula is C15H15F2NO2S. The predicted molar refractivity (Wildman–Crippen MR) is 76.3 cm³/mol. The van der Waals surface area contributed by atoms with Gasteiger partial charge in [0.25, 0.3) is 0 Å². The van der Waals surface area contributed by atoms with Crippen molar-refractivity contribution in [3.63, 3.8) is 0 Å². The molecule has 0 spiro atoms. The quantitative estimate of drug-likeness (QED) is 0.944. The summed E-state index contributed by atoms with van der Waals surface area (Å²) < 4.78 is 51.3. The van der Waals surface area contributed by atoms with Gasteiger partial charge < -0.3 is 5.73 Å². The second-order valence-corrected chi connectivity index (χ2v) is 6.76. The lowest BCUT2D eigenvalue weighted by atomic mass is 10.1. The van der Waals surface area contributed by atoms with Crippen LogP contribution in [0.1, 0.15) is 16.7 Å². The van der Waals surface area contributed by atoms with Crippen molar-refractivity contribution in [1.82, 2.24) is 0 Å². The summed E-state index contributed by atoms with van der Waals surface area (Å²) in [6.07, 6.45) is 0. The van der Waals surface area contributed by atoms with Crippen molar-refractivity contribution in [2.24, 2.45) is 5.73 Å². The van der Waals surface area contributed by atoms with Crippen LogP contribution in [-0.4, -0.2) is 8.42 Å². The molecule has 0 unspecified atom stereocenters. The maximum atomic E-state index is 13.6. The summed E-state index contributed by atoms with van der Waals surface area (Å²) in [6.45, 7) is 2.11. The van der Waals surface area contributed by atoms with E-state index in [1.165, 1.54) is 0 Å². The fourth-order valence-electron chi connectivity index (χ4n) is 2.04. The van der Waals surface area contributed by atoms with E-state index in [0.29, 0.717) is 18.2 Å². The third kappa shape index (κ3) is 3.46. The van der Waals surface area contributed by atoms with Crippen molar-refractivity contribution in [3.8, 4) is 0 Å². The molecule has 0 fully saturated rings. The molecule has 2 aromatic rings. The zero-order valence-electron chi connectivity index (χ0n) is 11.4. The lowest BCUT2D eigenvalue weighted by Gasteiger charge is -2.10. The first-order chi connectivity index (χ1) is 9.83. The minimum atomic E-state index is -3.95. The number of benzene rings is 2. The van der Waals surface area contributed by atoms with Crippen LogP contribution in [0.5, 0.6) is 0 Å². The molecule has 21 heavy (non-hydrogen) atoms. The fourth-order valence-corrected chi connectivity index (χ4v) is 3.59. The van der Waals surface area contributed by atoms with Gasteiger partial charge in [-0.3, -0.25) is 0 Å². The molecule has 0 heterocycles. The number of aryl methyl sites for hydroxylation is 1. The SMILES string of the molecule is Cc1cc(CN)ccc1CS(=O)(=O)c1cc(F)ccc1F. The molecule has 0 aliphatic rings. The van der Waals surface area contributed by atoms with E-state index in [9.17, 15) is 17.2 Å². The molecule has 0 atom stereocenters. The van der Waals surface area contributed by atoms with Gasteiger partial charge in [0.05, 0.1) is 5.75 Å². The second-order valence-electron chi connectivity index (χ2n) is 4.80. The lowest BCUT2D eigenvalue weighted by molar-refractivity contribution is 0.552. The van der Waals surface area contributed by atoms with Crippen LogP contribution in [0.25, 0.3) is 0 Å². The number of hydrogen-bond acceptors (Lipinski definition) is 3. The van der Waals surface area contributed by atoms with Gasteiger partial charge in [0.2, 0.25) is 0 Å². The Morgan fingerprint density at radius 1 is 1.10 bits per heavy atom. The van der Waals surface area contributed by atoms with Gasteiger partial charge in [-0.2, -0.15) is 0 Å². The summed E-state index contributed by atoms with van der Waals surface area (Å²) in [6, 6.07) is 7.55. The van der Waals surface area contributed by atoms with Gasteiger partial charge in [0.15, 0.2) is 9.84 Å². The normalized spacial score (nSPS) is 11.6. The number of hydrogen-bond donors (Lipinski definition) is 1. The Morgan fingerprint density at radius 2 is 1.81 bits per heavy atom. The Balaban J connectivity index is 2.40. The number of halogens is 2. The molecule has 0 radical (unpaired) electrons. The zero-order valence-corrected chi connectivity index (χ0v) is 12.3. The first-order valence-electron chi connectivity index (χ1n) is 6.30. The van der Waals surface area contributed by atoms with Gasteiger partial charge in [-0.25, -0.2) is 17.2 Å². The predicted octanol–water partition coefficient (Wildman–Crippen LogP) is 2.71. The molecule has 0 bridgehead atoms. The van der Waals surface area contributed by atoms with E-state index in [-0.39, 0.29) is 5.75 Å². The van der Waals surface area contributed by atoms with Crippen molar-refractivity contribution >= 4 is 9.84 Å². The van der Waals surface area contributed by atoms with E-state index in [1.807, 2.05) is 0 Å². The van der Waals surface area contributed by atoms with E-state index >= 15 is 0 Å². The highest BCUT2D eigenvalue weighted by Crippen LogP contribution is 2.22. The smallest absolute Gasteiger partial charge is 0.185 e. The highest BCUT2D eigenvalue weighted by atomic mass is 32.2. The molecule has 6 heteroatoms. The molecule has 0 amide bonds. The van der Waals surface area contributed by atoms with Crippen LogP contribution in [0.15, 0.2) is 41.3 Å². The van der Waals surface area contributed by atoms with Crippen LogP contribution >= 0.6 is 0 Å². The molecule has 0 saturated heterocycles. The van der Waals surface area contributed by atoms with E-state index < -0.39 is 26.4 Å². The van der Waals surface area contributed by atoms with Crippen molar-refractivity contribution in [2.45, 2.75) is 24.1 Å². The maximum Gasteiger partial charge on any atom is 0.185 e. The Morgan fingerprint density at radius 3 is 2.43 bits per heavy atom. The van der Waals surface area contributed by atoms with Crippen molar-refractivity contribution in [2.75, 3.05) is 0 Å². The molecule has 0 aromatic heterocycles. The zero-order chi connectivity index (χ0) is 15.6. The average molecular weight is 311 g/mol. The van der Waals surface area contributed by atoms with E-state index in [4.69, 9.17) is 5.73 Å². The van der Waals surface area contributed by atoms with E-state index in [2.05, 4.69) is 0 Å². The molecule has 3 nitrogen and oxygen atoms in total. The summed E-state index contributed by atoms with van der Waals surface area (Å²) in [4.78, 5) is -0.621. The van der Waals surface area contributed by atoms with Gasteiger partial charge in [-0.1, -0.05) is 18.2 Å². The highest BCUT2D eigenvalue weighted by Gasteiger charge is 2.21. The van der Waals surface area contributed by atoms with Crippen LogP contribution in [0.2, 0.25) is 0 Å². The summed E-state index contributed by atoms with van der Waals surface area (Å²) in [5.41, 5.74) is 7.68. The first kappa shape index (κ1) is 15.6. The van der Waals surface area contributed by atoms with Crippen LogP contribution < -0.4 is 5.73 Å². The molecule has 112 valence electrons. The van der Waals surface area contributed by atoms with Gasteiger partial charge in [0, 0.05) is 6.54 Å². The Labute approximate surface area is 122 Å². The summed E-state index contributed by atoms with van der Waals surface area (Å²) in [5, 5.41) is 0. The van der Waals surface area contributed by atoms with Gasteiger partial charge in [0.1, 0.15) is 16.5 Å². The molecule has 2 rings (SSSR count). The fraction of sp³-hybridized carbons (Fsp3) is 0.200. The molecule has 0 aliphatic carbocycles. The van der Waals surface area contributed by atoms with Gasteiger partial charge >= 0.3 is 0 Å². The Kier molecular flexibility index (Phi) is 4.39. The number of rotatable bonds is 4. The van der Waals surface area contributed by atoms with E-state index in [1.54, 1.807) is 25.1 Å². The van der Waals surface area contributed by atoms with Crippen LogP contribution in [0.4, 0.5) is 8.78 Å². The molecule has 0 saturated carbocycles. The summed E-state index contributed by atoms with van der Waals surface area (Å²) in [5.74, 6) is -2.12. The minimum absolute atomic E-state index is 0.354. The first-order valence-corrected chi connectivity index (χ1v) is 7.95. The van der Waals surface area contributed by atoms with Crippen molar-refractivity contribution < 1.29 is 17.2 Å². The number of nitrogens with two attached hydrogens (primary N) is 1. The molecule has 2 N–H and O–H groups in total. The van der Waals surface area contributed by atoms with E-state index in [0.717, 1.165) is 23.3 Å². The van der Waals surface area contributed by atoms with Gasteiger partial charge in [-0.05, 0) is 41.8 Å². The highest BCUT2D eigenvalue weighted by molar-refractivity contribution is 7.90. The average Bonchev–Trinajstić information content (AvgIpc) is 2.43. The lowest BCUT2D eigenvalue weighted by Crippen LogP contribution is -2.09. The van der Waals surface area contributed by atoms with Crippen molar-refractivity contribution in [1.29, 1.82) is 0 Å². The standard InChI is InChI=1S/C15H15F2NO2S/c1-10-6-11(8-18)2-3-12(10)9-21(19,20)15-7-13(16)4-5-14(15)17/h2-7H,8-9,18H2,1H3. The second kappa shape index (κ2) is 5.91. The third-order valence-corrected chi connectivity index (χ3v) is 4.89. The van der Waals surface area contributed by atoms with Crippen molar-refractivity contribution in [3.05, 3.63) is 64.7 Å². The summed E-state index contributed by atoms with van der Waals surface area (Å²) in [7, 11) is -3.95. The minimum Gasteiger partial charge on any atom is -0.326 e. The Hall–Kier alpha value is -1.79. The monoisotopic (exact) mass is 311 g/mol. The van der Waals surface area contributed by atoms with Crippen LogP contribution in [0.3, 0.4) is 0 Å². The van der Waals surface area contributed by atoms with Gasteiger partial charge in [-0.15, -0.1) is 0 Å². The topological polar surface area (TPSA) is 60.2 Å². The maximum absolute atomic E-state index is 13.6. The van der Waals surface area contributed by atoms with Crippen LogP contribution in [0, 0.1) is 18.6 Å². The third-order valence-electron chi connectivity index (χ3n) is 3.22. The molecule has 0 aliphatic heterocycles. The summed E-state index contributed by atoms with van der Waals surface area (Å²) >= 11 is 0. The molecule has 2 aromatic carbocycles. The van der Waals surface area contributed by atoms with Crippen LogP contribution in [-0.2, 0) is 22.1 Å². The largest absolute Gasteiger partial charge is 0.326 e. The number of sulfone groups is 1. The molecular weight excluding hydrogens is 296 g/mol. The Bertz CT molecular complexity index is 773.